The van der Waals surface area contributed by atoms with Crippen LogP contribution >= 0.6 is 26.6 Å². The van der Waals surface area contributed by atoms with E-state index in [0.29, 0.717) is 13.0 Å². The molecule has 0 bridgehead atoms. The lowest BCUT2D eigenvalue weighted by Gasteiger charge is -2.22. The van der Waals surface area contributed by atoms with Crippen LogP contribution in [0.1, 0.15) is 36.2 Å². The lowest BCUT2D eigenvalue weighted by atomic mass is 10.1. The van der Waals surface area contributed by atoms with E-state index in [9.17, 15) is 13.2 Å². The van der Waals surface area contributed by atoms with Gasteiger partial charge < -0.3 is 14.5 Å². The molecule has 1 aliphatic heterocycles. The molecule has 0 aromatic carbocycles. The molecule has 9 heteroatoms. The molecule has 1 amide bonds. The van der Waals surface area contributed by atoms with Gasteiger partial charge in [0.25, 0.3) is 15.0 Å². The molecule has 1 saturated heterocycles. The Hall–Kier alpha value is -0.570. The highest BCUT2D eigenvalue weighted by molar-refractivity contribution is 9.10. The predicted octanol–water partition coefficient (Wildman–Crippen LogP) is 2.66. The van der Waals surface area contributed by atoms with E-state index in [1.807, 2.05) is 0 Å². The fourth-order valence-electron chi connectivity index (χ4n) is 2.10. The van der Waals surface area contributed by atoms with E-state index in [1.54, 1.807) is 0 Å². The minimum Gasteiger partial charge on any atom is -0.443 e. The van der Waals surface area contributed by atoms with Crippen LogP contribution in [-0.4, -0.2) is 33.6 Å². The minimum absolute atomic E-state index is 0.0849. The maximum Gasteiger partial charge on any atom is 0.287 e. The number of carbonyl (C=O) groups is 1. The Labute approximate surface area is 135 Å². The first-order valence-electron chi connectivity index (χ1n) is 6.51. The number of hydrogen-bond acceptors (Lipinski definition) is 5. The van der Waals surface area contributed by atoms with Gasteiger partial charge in [0.1, 0.15) is 4.90 Å². The molecule has 0 saturated carbocycles. The number of amides is 1. The van der Waals surface area contributed by atoms with Crippen molar-refractivity contribution in [2.24, 2.45) is 0 Å². The molecule has 2 rings (SSSR count). The van der Waals surface area contributed by atoms with Gasteiger partial charge >= 0.3 is 0 Å². The maximum absolute atomic E-state index is 11.9. The van der Waals surface area contributed by atoms with E-state index in [2.05, 4.69) is 21.2 Å². The summed E-state index contributed by atoms with van der Waals surface area (Å²) in [6, 6.07) is 1.10. The molecule has 1 aromatic rings. The number of ether oxygens (including phenoxy) is 1. The van der Waals surface area contributed by atoms with E-state index >= 15 is 0 Å². The fourth-order valence-corrected chi connectivity index (χ4v) is 4.13. The highest BCUT2D eigenvalue weighted by Gasteiger charge is 2.23. The Bertz CT molecular complexity index is 609. The molecule has 0 radical (unpaired) electrons. The molecule has 21 heavy (non-hydrogen) atoms. The second kappa shape index (κ2) is 7.13. The van der Waals surface area contributed by atoms with Gasteiger partial charge in [-0.15, -0.1) is 0 Å². The number of carbonyl (C=O) groups excluding carboxylic acids is 1. The van der Waals surface area contributed by atoms with E-state index < -0.39 is 15.0 Å². The van der Waals surface area contributed by atoms with E-state index in [0.717, 1.165) is 31.9 Å². The molecular weight excluding hydrogens is 386 g/mol. The lowest BCUT2D eigenvalue weighted by Crippen LogP contribution is -2.29. The third-order valence-corrected chi connectivity index (χ3v) is 5.35. The second-order valence-electron chi connectivity index (χ2n) is 4.72. The monoisotopic (exact) mass is 399 g/mol. The van der Waals surface area contributed by atoms with Crippen LogP contribution in [0.5, 0.6) is 0 Å². The third-order valence-electron chi connectivity index (χ3n) is 3.17. The topological polar surface area (TPSA) is 85.6 Å². The first-order chi connectivity index (χ1) is 9.88. The summed E-state index contributed by atoms with van der Waals surface area (Å²) in [5.41, 5.74) is 0. The Morgan fingerprint density at radius 3 is 2.81 bits per heavy atom. The van der Waals surface area contributed by atoms with Gasteiger partial charge in [-0.05, 0) is 41.6 Å². The van der Waals surface area contributed by atoms with Gasteiger partial charge in [-0.3, -0.25) is 4.79 Å². The van der Waals surface area contributed by atoms with E-state index in [4.69, 9.17) is 19.8 Å². The van der Waals surface area contributed by atoms with Crippen molar-refractivity contribution >= 4 is 41.6 Å². The molecule has 118 valence electrons. The van der Waals surface area contributed by atoms with Crippen LogP contribution in [0.3, 0.4) is 0 Å². The van der Waals surface area contributed by atoms with E-state index in [-0.39, 0.29) is 21.4 Å². The zero-order chi connectivity index (χ0) is 15.5. The van der Waals surface area contributed by atoms with Gasteiger partial charge in [0.05, 0.1) is 6.10 Å². The average Bonchev–Trinajstić information content (AvgIpc) is 2.82. The van der Waals surface area contributed by atoms with Crippen LogP contribution in [0.4, 0.5) is 0 Å². The molecule has 1 aliphatic rings. The number of hydrogen-bond donors (Lipinski definition) is 1. The first-order valence-corrected chi connectivity index (χ1v) is 9.62. The molecule has 1 N–H and O–H groups in total. The zero-order valence-corrected chi connectivity index (χ0v) is 14.3. The van der Waals surface area contributed by atoms with Crippen molar-refractivity contribution in [2.45, 2.75) is 36.7 Å². The largest absolute Gasteiger partial charge is 0.443 e. The molecule has 1 fully saturated rings. The number of rotatable bonds is 5. The van der Waals surface area contributed by atoms with Crippen LogP contribution in [-0.2, 0) is 13.8 Å². The van der Waals surface area contributed by atoms with E-state index in [1.165, 1.54) is 0 Å². The Morgan fingerprint density at radius 1 is 1.48 bits per heavy atom. The highest BCUT2D eigenvalue weighted by atomic mass is 79.9. The van der Waals surface area contributed by atoms with Crippen molar-refractivity contribution in [3.63, 3.8) is 0 Å². The van der Waals surface area contributed by atoms with Gasteiger partial charge in [0.2, 0.25) is 0 Å². The van der Waals surface area contributed by atoms with Crippen molar-refractivity contribution in [2.75, 3.05) is 13.2 Å². The van der Waals surface area contributed by atoms with Crippen molar-refractivity contribution < 1.29 is 22.4 Å². The summed E-state index contributed by atoms with van der Waals surface area (Å²) in [5, 5.41) is 2.67. The molecule has 0 spiro atoms. The average molecular weight is 401 g/mol. The molecule has 1 atom stereocenters. The summed E-state index contributed by atoms with van der Waals surface area (Å²) in [7, 11) is 1.27. The van der Waals surface area contributed by atoms with Crippen molar-refractivity contribution in [3.05, 3.63) is 16.5 Å². The van der Waals surface area contributed by atoms with Crippen LogP contribution in [0, 0.1) is 0 Å². The normalized spacial score (nSPS) is 19.4. The predicted molar refractivity (Wildman–Crippen MR) is 80.0 cm³/mol. The van der Waals surface area contributed by atoms with Crippen molar-refractivity contribution in [1.82, 2.24) is 5.32 Å². The van der Waals surface area contributed by atoms with Crippen LogP contribution in [0.2, 0.25) is 0 Å². The standard InChI is InChI=1S/C12H15BrClNO5S/c13-11-10(21(14,17)18)7-9(20-11)12(16)15-5-4-8-3-1-2-6-19-8/h7-8H,1-6H2,(H,15,16). The number of furan rings is 1. The SMILES string of the molecule is O=C(NCCC1CCCCO1)c1cc(S(=O)(=O)Cl)c(Br)o1. The molecule has 0 aliphatic carbocycles. The Balaban J connectivity index is 1.88. The van der Waals surface area contributed by atoms with Gasteiger partial charge in [0.15, 0.2) is 10.4 Å². The summed E-state index contributed by atoms with van der Waals surface area (Å²) in [6.07, 6.45) is 4.10. The van der Waals surface area contributed by atoms with Gasteiger partial charge in [-0.1, -0.05) is 0 Å². The summed E-state index contributed by atoms with van der Waals surface area (Å²) in [4.78, 5) is 11.6. The quantitative estimate of drug-likeness (QED) is 0.768. The molecule has 1 unspecified atom stereocenters. The highest BCUT2D eigenvalue weighted by Crippen LogP contribution is 2.28. The summed E-state index contributed by atoms with van der Waals surface area (Å²) < 4.78 is 33.0. The third kappa shape index (κ3) is 4.70. The van der Waals surface area contributed by atoms with Crippen molar-refractivity contribution in [1.29, 1.82) is 0 Å². The fraction of sp³-hybridized carbons (Fsp3) is 0.583. The smallest absolute Gasteiger partial charge is 0.287 e. The van der Waals surface area contributed by atoms with Gasteiger partial charge in [0, 0.05) is 29.9 Å². The summed E-state index contributed by atoms with van der Waals surface area (Å²) in [5.74, 6) is -0.594. The van der Waals surface area contributed by atoms with Crippen LogP contribution in [0.15, 0.2) is 20.0 Å². The zero-order valence-electron chi connectivity index (χ0n) is 11.1. The summed E-state index contributed by atoms with van der Waals surface area (Å²) >= 11 is 2.92. The minimum atomic E-state index is -3.95. The molecule has 6 nitrogen and oxygen atoms in total. The second-order valence-corrected chi connectivity index (χ2v) is 7.97. The first kappa shape index (κ1) is 16.8. The van der Waals surface area contributed by atoms with Gasteiger partial charge in [-0.2, -0.15) is 0 Å². The lowest BCUT2D eigenvalue weighted by molar-refractivity contribution is 0.0116. The number of nitrogens with one attached hydrogen (secondary N) is 1. The van der Waals surface area contributed by atoms with Gasteiger partial charge in [-0.25, -0.2) is 8.42 Å². The maximum atomic E-state index is 11.9. The van der Waals surface area contributed by atoms with Crippen LogP contribution in [0.25, 0.3) is 0 Å². The Kier molecular flexibility index (Phi) is 5.70. The summed E-state index contributed by atoms with van der Waals surface area (Å²) in [6.45, 7) is 1.20. The molecular formula is C12H15BrClNO5S. The molecule has 1 aromatic heterocycles. The molecule has 2 heterocycles. The number of halogens is 2. The Morgan fingerprint density at radius 2 is 2.24 bits per heavy atom. The van der Waals surface area contributed by atoms with Crippen molar-refractivity contribution in [3.8, 4) is 0 Å². The van der Waals surface area contributed by atoms with Crippen LogP contribution < -0.4 is 5.32 Å².